The van der Waals surface area contributed by atoms with Crippen LogP contribution >= 0.6 is 0 Å². The van der Waals surface area contributed by atoms with Crippen molar-refractivity contribution >= 4 is 11.5 Å². The Kier molecular flexibility index (Phi) is 3.87. The summed E-state index contributed by atoms with van der Waals surface area (Å²) in [4.78, 5) is 19.6. The zero-order valence-electron chi connectivity index (χ0n) is 17.9. The quantitative estimate of drug-likeness (QED) is 0.684. The van der Waals surface area contributed by atoms with Crippen LogP contribution in [-0.4, -0.2) is 28.4 Å². The number of amides is 1. The van der Waals surface area contributed by atoms with E-state index in [1.54, 1.807) is 5.57 Å². The van der Waals surface area contributed by atoms with E-state index in [4.69, 9.17) is 0 Å². The number of carbonyl (C=O) groups excluding carboxylic acids is 1. The summed E-state index contributed by atoms with van der Waals surface area (Å²) in [7, 11) is 0. The number of likely N-dealkylation sites (tertiary alicyclic amines) is 1. The smallest absolute Gasteiger partial charge is 0.225 e. The van der Waals surface area contributed by atoms with Gasteiger partial charge in [-0.2, -0.15) is 0 Å². The fourth-order valence-corrected chi connectivity index (χ4v) is 8.18. The highest BCUT2D eigenvalue weighted by Gasteiger charge is 2.61. The first-order valence-corrected chi connectivity index (χ1v) is 11.9. The number of rotatable bonds is 2. The summed E-state index contributed by atoms with van der Waals surface area (Å²) in [6.07, 6.45) is 16.4. The lowest BCUT2D eigenvalue weighted by atomic mass is 9.48. The predicted molar refractivity (Wildman–Crippen MR) is 115 cm³/mol. The third kappa shape index (κ3) is 2.48. The first kappa shape index (κ1) is 18.2. The van der Waals surface area contributed by atoms with E-state index in [1.807, 2.05) is 6.20 Å². The Labute approximate surface area is 175 Å². The van der Waals surface area contributed by atoms with Crippen molar-refractivity contribution in [3.8, 4) is 0 Å². The molecular weight excluding hydrogens is 356 g/mol. The Bertz CT molecular complexity index is 859. The zero-order chi connectivity index (χ0) is 19.8. The molecule has 0 aromatic carbocycles. The lowest BCUT2D eigenvalue weighted by Gasteiger charge is -2.57. The lowest BCUT2D eigenvalue weighted by Crippen LogP contribution is -2.54. The van der Waals surface area contributed by atoms with Gasteiger partial charge in [0.25, 0.3) is 0 Å². The Hall–Kier alpha value is -1.64. The number of pyridine rings is 1. The van der Waals surface area contributed by atoms with Crippen LogP contribution in [0.3, 0.4) is 0 Å². The Balaban J connectivity index is 1.27. The van der Waals surface area contributed by atoms with Crippen molar-refractivity contribution in [1.29, 1.82) is 0 Å². The molecule has 1 amide bonds. The fraction of sp³-hybridized carbons (Fsp3) is 0.692. The number of carbonyl (C=O) groups is 1. The number of fused-ring (bicyclic) bond motifs is 5. The van der Waals surface area contributed by atoms with Gasteiger partial charge in [0.1, 0.15) is 0 Å². The van der Waals surface area contributed by atoms with Crippen LogP contribution in [0, 0.1) is 34.5 Å². The lowest BCUT2D eigenvalue weighted by molar-refractivity contribution is -0.138. The molecular formula is C26H34N2O. The van der Waals surface area contributed by atoms with Gasteiger partial charge in [-0.15, -0.1) is 0 Å². The van der Waals surface area contributed by atoms with Crippen LogP contribution in [0.25, 0.3) is 5.57 Å². The van der Waals surface area contributed by atoms with E-state index >= 15 is 0 Å². The average Bonchev–Trinajstić information content (AvgIpc) is 3.43. The number of allylic oxidation sites excluding steroid dienone is 2. The Morgan fingerprint density at radius 3 is 2.72 bits per heavy atom. The van der Waals surface area contributed by atoms with Gasteiger partial charge in [-0.1, -0.05) is 26.0 Å². The minimum atomic E-state index is 0.301. The SMILES string of the molecule is C[C@]12CCN(C(=O)C3CC3)C1CC[C@@H]1[C@@H]2CC[C@]2(C)C(c3cccnc3)=CC[C@@H]12. The van der Waals surface area contributed by atoms with Gasteiger partial charge in [0.05, 0.1) is 0 Å². The monoisotopic (exact) mass is 390 g/mol. The number of nitrogens with zero attached hydrogens (tertiary/aromatic N) is 2. The van der Waals surface area contributed by atoms with Crippen molar-refractivity contribution in [1.82, 2.24) is 9.88 Å². The summed E-state index contributed by atoms with van der Waals surface area (Å²) >= 11 is 0. The third-order valence-corrected chi connectivity index (χ3v) is 9.85. The van der Waals surface area contributed by atoms with Crippen molar-refractivity contribution < 1.29 is 4.79 Å². The second-order valence-corrected chi connectivity index (χ2v) is 11.1. The molecule has 6 atom stereocenters. The zero-order valence-corrected chi connectivity index (χ0v) is 17.9. The van der Waals surface area contributed by atoms with Crippen molar-refractivity contribution in [2.24, 2.45) is 34.5 Å². The summed E-state index contributed by atoms with van der Waals surface area (Å²) < 4.78 is 0. The number of hydrogen-bond donors (Lipinski definition) is 0. The average molecular weight is 391 g/mol. The molecule has 2 heterocycles. The second kappa shape index (κ2) is 6.18. The molecule has 6 rings (SSSR count). The highest BCUT2D eigenvalue weighted by molar-refractivity contribution is 5.81. The van der Waals surface area contributed by atoms with Gasteiger partial charge < -0.3 is 4.90 Å². The standard InChI is InChI=1S/C26H34N2O/c1-25-12-11-22-19(21(25)9-8-20(25)18-4-3-14-27-16-18)7-10-23-26(22,2)13-15-28(23)24(29)17-5-6-17/h3-4,8,14,16-17,19,21-23H,5-7,9-13,15H2,1-2H3/t19-,21-,22-,23?,25+,26+/m0/s1. The van der Waals surface area contributed by atoms with Gasteiger partial charge in [-0.25, -0.2) is 0 Å². The Morgan fingerprint density at radius 1 is 1.10 bits per heavy atom. The van der Waals surface area contributed by atoms with Crippen LogP contribution in [0.4, 0.5) is 0 Å². The van der Waals surface area contributed by atoms with E-state index in [0.29, 0.717) is 28.7 Å². The van der Waals surface area contributed by atoms with Crippen molar-refractivity contribution in [3.05, 3.63) is 36.2 Å². The van der Waals surface area contributed by atoms with Gasteiger partial charge in [0, 0.05) is 30.9 Å². The molecule has 29 heavy (non-hydrogen) atoms. The fourth-order valence-electron chi connectivity index (χ4n) is 8.18. The normalized spacial score (nSPS) is 43.4. The molecule has 4 aliphatic carbocycles. The van der Waals surface area contributed by atoms with Gasteiger partial charge >= 0.3 is 0 Å². The molecule has 0 N–H and O–H groups in total. The molecule has 3 nitrogen and oxygen atoms in total. The van der Waals surface area contributed by atoms with E-state index in [-0.39, 0.29) is 0 Å². The maximum atomic E-state index is 12.9. The molecule has 0 spiro atoms. The van der Waals surface area contributed by atoms with Crippen LogP contribution in [0.2, 0.25) is 0 Å². The molecule has 1 saturated heterocycles. The molecule has 5 aliphatic rings. The minimum absolute atomic E-state index is 0.301. The molecule has 1 aromatic heterocycles. The third-order valence-electron chi connectivity index (χ3n) is 9.85. The van der Waals surface area contributed by atoms with Gasteiger partial charge in [0.15, 0.2) is 0 Å². The van der Waals surface area contributed by atoms with Crippen LogP contribution in [0.15, 0.2) is 30.6 Å². The largest absolute Gasteiger partial charge is 0.339 e. The van der Waals surface area contributed by atoms with E-state index in [9.17, 15) is 4.79 Å². The van der Waals surface area contributed by atoms with Crippen molar-refractivity contribution in [2.45, 2.75) is 71.3 Å². The van der Waals surface area contributed by atoms with E-state index in [0.717, 1.165) is 37.1 Å². The molecule has 1 unspecified atom stereocenters. The van der Waals surface area contributed by atoms with Crippen LogP contribution in [0.1, 0.15) is 70.8 Å². The predicted octanol–water partition coefficient (Wildman–Crippen LogP) is 5.33. The summed E-state index contributed by atoms with van der Waals surface area (Å²) in [6, 6.07) is 4.83. The summed E-state index contributed by atoms with van der Waals surface area (Å²) in [5, 5.41) is 0. The molecule has 3 saturated carbocycles. The van der Waals surface area contributed by atoms with Crippen LogP contribution < -0.4 is 0 Å². The van der Waals surface area contributed by atoms with E-state index < -0.39 is 0 Å². The molecule has 0 bridgehead atoms. The van der Waals surface area contributed by atoms with Gasteiger partial charge in [-0.05, 0) is 97.2 Å². The maximum Gasteiger partial charge on any atom is 0.225 e. The van der Waals surface area contributed by atoms with Crippen LogP contribution in [0.5, 0.6) is 0 Å². The van der Waals surface area contributed by atoms with E-state index in [2.05, 4.69) is 48.1 Å². The van der Waals surface area contributed by atoms with Crippen LogP contribution in [-0.2, 0) is 4.79 Å². The summed E-state index contributed by atoms with van der Waals surface area (Å²) in [6.45, 7) is 6.09. The molecule has 1 aliphatic heterocycles. The first-order valence-electron chi connectivity index (χ1n) is 11.9. The van der Waals surface area contributed by atoms with Crippen molar-refractivity contribution in [3.63, 3.8) is 0 Å². The minimum Gasteiger partial charge on any atom is -0.339 e. The summed E-state index contributed by atoms with van der Waals surface area (Å²) in [5.74, 6) is 3.22. The molecule has 154 valence electrons. The summed E-state index contributed by atoms with van der Waals surface area (Å²) in [5.41, 5.74) is 3.53. The first-order chi connectivity index (χ1) is 14.0. The van der Waals surface area contributed by atoms with Gasteiger partial charge in [0.2, 0.25) is 5.91 Å². The second-order valence-electron chi connectivity index (χ2n) is 11.1. The van der Waals surface area contributed by atoms with E-state index in [1.165, 1.54) is 44.1 Å². The molecule has 3 heteroatoms. The topological polar surface area (TPSA) is 33.2 Å². The van der Waals surface area contributed by atoms with Crippen molar-refractivity contribution in [2.75, 3.05) is 6.54 Å². The number of hydrogen-bond acceptors (Lipinski definition) is 2. The number of aromatic nitrogens is 1. The highest BCUT2D eigenvalue weighted by Crippen LogP contribution is 2.66. The van der Waals surface area contributed by atoms with Gasteiger partial charge in [-0.3, -0.25) is 9.78 Å². The molecule has 1 aromatic rings. The molecule has 0 radical (unpaired) electrons. The highest BCUT2D eigenvalue weighted by atomic mass is 16.2. The Morgan fingerprint density at radius 2 is 1.97 bits per heavy atom. The maximum absolute atomic E-state index is 12.9. The molecule has 4 fully saturated rings.